The van der Waals surface area contributed by atoms with Crippen molar-refractivity contribution in [3.05, 3.63) is 34.5 Å². The van der Waals surface area contributed by atoms with Gasteiger partial charge in [0.2, 0.25) is 0 Å². The van der Waals surface area contributed by atoms with Crippen molar-refractivity contribution in [1.29, 1.82) is 0 Å². The lowest BCUT2D eigenvalue weighted by atomic mass is 10.3. The van der Waals surface area contributed by atoms with Crippen LogP contribution in [0, 0.1) is 0 Å². The molecule has 1 saturated carbocycles. The minimum atomic E-state index is 0.828. The minimum Gasteiger partial charge on any atom is -0.292 e. The largest absolute Gasteiger partial charge is 0.292 e. The highest BCUT2D eigenvalue weighted by Crippen LogP contribution is 2.28. The molecule has 1 heterocycles. The molecule has 1 aromatic heterocycles. The maximum absolute atomic E-state index is 4.18. The zero-order chi connectivity index (χ0) is 10.5. The van der Waals surface area contributed by atoms with Crippen molar-refractivity contribution in [2.75, 3.05) is 12.3 Å². The molecular weight excluding hydrogens is 222 g/mol. The molecule has 0 N–H and O–H groups in total. The van der Waals surface area contributed by atoms with Gasteiger partial charge in [0.15, 0.2) is 0 Å². The van der Waals surface area contributed by atoms with Gasteiger partial charge in [-0.1, -0.05) is 12.2 Å². The van der Waals surface area contributed by atoms with E-state index in [-0.39, 0.29) is 0 Å². The van der Waals surface area contributed by atoms with Crippen molar-refractivity contribution in [2.45, 2.75) is 25.4 Å². The summed E-state index contributed by atoms with van der Waals surface area (Å²) in [6, 6.07) is 3.05. The van der Waals surface area contributed by atoms with Gasteiger partial charge in [-0.05, 0) is 35.2 Å². The third kappa shape index (κ3) is 3.67. The molecule has 0 atom stereocenters. The van der Waals surface area contributed by atoms with Gasteiger partial charge in [0.1, 0.15) is 0 Å². The van der Waals surface area contributed by atoms with E-state index in [4.69, 9.17) is 0 Å². The Morgan fingerprint density at radius 1 is 1.47 bits per heavy atom. The Hall–Kier alpha value is -0.250. The smallest absolute Gasteiger partial charge is 0.0248 e. The van der Waals surface area contributed by atoms with E-state index in [2.05, 4.69) is 46.5 Å². The van der Waals surface area contributed by atoms with E-state index in [0.29, 0.717) is 0 Å². The summed E-state index contributed by atoms with van der Waals surface area (Å²) in [7, 11) is 0. The predicted octanol–water partition coefficient (Wildman–Crippen LogP) is 3.20. The molecule has 82 valence electrons. The van der Waals surface area contributed by atoms with Gasteiger partial charge in [-0.3, -0.25) is 4.90 Å². The van der Waals surface area contributed by atoms with Gasteiger partial charge < -0.3 is 0 Å². The standard InChI is InChI=1S/C12H17NS2/c14-7-2-1-6-13(12-3-4-12)9-11-5-8-15-10-11/h1-2,5,8,10,12,14H,3-4,6-7,9H2. The molecule has 0 saturated heterocycles. The highest BCUT2D eigenvalue weighted by atomic mass is 32.1. The predicted molar refractivity (Wildman–Crippen MR) is 70.7 cm³/mol. The molecule has 15 heavy (non-hydrogen) atoms. The van der Waals surface area contributed by atoms with E-state index in [1.807, 2.05) is 0 Å². The Morgan fingerprint density at radius 2 is 2.33 bits per heavy atom. The Bertz CT molecular complexity index is 301. The van der Waals surface area contributed by atoms with Crippen LogP contribution >= 0.6 is 24.0 Å². The fraction of sp³-hybridized carbons (Fsp3) is 0.500. The van der Waals surface area contributed by atoms with Crippen LogP contribution in [0.4, 0.5) is 0 Å². The molecule has 2 rings (SSSR count). The van der Waals surface area contributed by atoms with Gasteiger partial charge in [0, 0.05) is 24.9 Å². The van der Waals surface area contributed by atoms with Crippen molar-refractivity contribution >= 4 is 24.0 Å². The van der Waals surface area contributed by atoms with Crippen LogP contribution in [-0.2, 0) is 6.54 Å². The van der Waals surface area contributed by atoms with Crippen LogP contribution in [0.3, 0.4) is 0 Å². The van der Waals surface area contributed by atoms with Crippen molar-refractivity contribution in [3.63, 3.8) is 0 Å². The zero-order valence-electron chi connectivity index (χ0n) is 8.80. The normalized spacial score (nSPS) is 16.7. The van der Waals surface area contributed by atoms with Crippen LogP contribution in [0.5, 0.6) is 0 Å². The van der Waals surface area contributed by atoms with E-state index < -0.39 is 0 Å². The summed E-state index contributed by atoms with van der Waals surface area (Å²) in [6.45, 7) is 2.17. The Kier molecular flexibility index (Phi) is 4.29. The molecule has 0 aromatic carbocycles. The molecule has 0 spiro atoms. The molecule has 0 unspecified atom stereocenters. The fourth-order valence-corrected chi connectivity index (χ4v) is 2.49. The molecule has 1 fully saturated rings. The summed E-state index contributed by atoms with van der Waals surface area (Å²) >= 11 is 5.96. The quantitative estimate of drug-likeness (QED) is 0.589. The third-order valence-electron chi connectivity index (χ3n) is 2.64. The van der Waals surface area contributed by atoms with E-state index in [9.17, 15) is 0 Å². The Labute approximate surface area is 101 Å². The van der Waals surface area contributed by atoms with Gasteiger partial charge in [-0.2, -0.15) is 24.0 Å². The first-order valence-electron chi connectivity index (χ1n) is 5.41. The second-order valence-electron chi connectivity index (χ2n) is 3.95. The monoisotopic (exact) mass is 239 g/mol. The van der Waals surface area contributed by atoms with E-state index >= 15 is 0 Å². The molecule has 1 nitrogen and oxygen atoms in total. The molecule has 0 radical (unpaired) electrons. The van der Waals surface area contributed by atoms with E-state index in [0.717, 1.165) is 24.9 Å². The van der Waals surface area contributed by atoms with Crippen LogP contribution in [0.2, 0.25) is 0 Å². The number of thiophene rings is 1. The van der Waals surface area contributed by atoms with Crippen LogP contribution < -0.4 is 0 Å². The lowest BCUT2D eigenvalue weighted by molar-refractivity contribution is 0.284. The Morgan fingerprint density at radius 3 is 2.93 bits per heavy atom. The lowest BCUT2D eigenvalue weighted by Crippen LogP contribution is -2.25. The average Bonchev–Trinajstić information content (AvgIpc) is 2.97. The van der Waals surface area contributed by atoms with Gasteiger partial charge in [-0.15, -0.1) is 0 Å². The first-order chi connectivity index (χ1) is 7.40. The second kappa shape index (κ2) is 5.73. The number of nitrogens with zero attached hydrogens (tertiary/aromatic N) is 1. The number of hydrogen-bond donors (Lipinski definition) is 1. The molecule has 0 amide bonds. The zero-order valence-corrected chi connectivity index (χ0v) is 10.5. The van der Waals surface area contributed by atoms with Crippen molar-refractivity contribution in [1.82, 2.24) is 4.90 Å². The molecular formula is C12H17NS2. The summed E-state index contributed by atoms with van der Waals surface area (Å²) in [6.07, 6.45) is 7.11. The molecule has 3 heteroatoms. The fourth-order valence-electron chi connectivity index (χ4n) is 1.68. The molecule has 0 bridgehead atoms. The van der Waals surface area contributed by atoms with Gasteiger partial charge >= 0.3 is 0 Å². The molecule has 0 aliphatic heterocycles. The molecule has 1 aliphatic carbocycles. The highest BCUT2D eigenvalue weighted by Gasteiger charge is 2.27. The van der Waals surface area contributed by atoms with Crippen molar-refractivity contribution in [2.24, 2.45) is 0 Å². The van der Waals surface area contributed by atoms with Crippen LogP contribution in [-0.4, -0.2) is 23.2 Å². The van der Waals surface area contributed by atoms with Crippen LogP contribution in [0.25, 0.3) is 0 Å². The first kappa shape index (κ1) is 11.2. The maximum Gasteiger partial charge on any atom is 0.0248 e. The lowest BCUT2D eigenvalue weighted by Gasteiger charge is -2.19. The molecule has 1 aliphatic rings. The SMILES string of the molecule is SCC=CCN(Cc1ccsc1)C1CC1. The van der Waals surface area contributed by atoms with Crippen LogP contribution in [0.15, 0.2) is 29.0 Å². The summed E-state index contributed by atoms with van der Waals surface area (Å²) in [5.74, 6) is 0.844. The second-order valence-corrected chi connectivity index (χ2v) is 5.09. The summed E-state index contributed by atoms with van der Waals surface area (Å²) in [4.78, 5) is 2.56. The Balaban J connectivity index is 1.86. The maximum atomic E-state index is 4.18. The molecule has 1 aromatic rings. The topological polar surface area (TPSA) is 3.24 Å². The number of thiol groups is 1. The highest BCUT2D eigenvalue weighted by molar-refractivity contribution is 7.80. The third-order valence-corrected chi connectivity index (χ3v) is 3.58. The number of rotatable bonds is 6. The van der Waals surface area contributed by atoms with Gasteiger partial charge in [0.25, 0.3) is 0 Å². The average molecular weight is 239 g/mol. The summed E-state index contributed by atoms with van der Waals surface area (Å²) < 4.78 is 0. The van der Waals surface area contributed by atoms with E-state index in [1.54, 1.807) is 11.3 Å². The van der Waals surface area contributed by atoms with E-state index in [1.165, 1.54) is 18.4 Å². The van der Waals surface area contributed by atoms with Crippen molar-refractivity contribution < 1.29 is 0 Å². The van der Waals surface area contributed by atoms with Gasteiger partial charge in [0.05, 0.1) is 0 Å². The minimum absolute atomic E-state index is 0.828. The van der Waals surface area contributed by atoms with Crippen LogP contribution in [0.1, 0.15) is 18.4 Å². The summed E-state index contributed by atoms with van der Waals surface area (Å²) in [5, 5.41) is 4.40. The van der Waals surface area contributed by atoms with Gasteiger partial charge in [-0.25, -0.2) is 0 Å². The van der Waals surface area contributed by atoms with Crippen molar-refractivity contribution in [3.8, 4) is 0 Å². The summed E-state index contributed by atoms with van der Waals surface area (Å²) in [5.41, 5.74) is 1.45. The first-order valence-corrected chi connectivity index (χ1v) is 6.98. The number of hydrogen-bond acceptors (Lipinski definition) is 3.